The van der Waals surface area contributed by atoms with Crippen molar-refractivity contribution in [3.05, 3.63) is 35.4 Å². The van der Waals surface area contributed by atoms with Crippen LogP contribution >= 0.6 is 0 Å². The van der Waals surface area contributed by atoms with Crippen LogP contribution in [0.2, 0.25) is 0 Å². The third kappa shape index (κ3) is 3.30. The number of fused-ring (bicyclic) bond motifs is 4. The monoisotopic (exact) mass is 342 g/mol. The normalized spacial score (nSPS) is 29.2. The smallest absolute Gasteiger partial charge is 0.337 e. The molecule has 3 atom stereocenters. The van der Waals surface area contributed by atoms with E-state index >= 15 is 0 Å². The summed E-state index contributed by atoms with van der Waals surface area (Å²) in [6, 6.07) is 8.18. The van der Waals surface area contributed by atoms with Crippen LogP contribution in [0.15, 0.2) is 24.3 Å². The highest BCUT2D eigenvalue weighted by molar-refractivity contribution is 5.89. The minimum Gasteiger partial charge on any atom is -0.465 e. The second-order valence-electron chi connectivity index (χ2n) is 7.75. The van der Waals surface area contributed by atoms with Crippen molar-refractivity contribution < 1.29 is 14.3 Å². The molecule has 0 unspecified atom stereocenters. The molecule has 0 saturated carbocycles. The van der Waals surface area contributed by atoms with Crippen molar-refractivity contribution in [3.8, 4) is 0 Å². The third-order valence-corrected chi connectivity index (χ3v) is 6.01. The van der Waals surface area contributed by atoms with Gasteiger partial charge in [-0.15, -0.1) is 0 Å². The lowest BCUT2D eigenvalue weighted by atomic mass is 9.76. The van der Waals surface area contributed by atoms with E-state index in [2.05, 4.69) is 15.9 Å². The second-order valence-corrected chi connectivity index (χ2v) is 7.75. The molecule has 3 saturated heterocycles. The Hall–Kier alpha value is -1.88. The first kappa shape index (κ1) is 16.6. The minimum atomic E-state index is -0.284. The van der Waals surface area contributed by atoms with Crippen LogP contribution < -0.4 is 0 Å². The summed E-state index contributed by atoms with van der Waals surface area (Å²) in [5.74, 6) is 1.26. The van der Waals surface area contributed by atoms with Gasteiger partial charge in [0.15, 0.2) is 0 Å². The van der Waals surface area contributed by atoms with Crippen molar-refractivity contribution in [2.75, 3.05) is 26.7 Å². The van der Waals surface area contributed by atoms with Gasteiger partial charge in [0.05, 0.1) is 12.7 Å². The molecule has 3 aliphatic rings. The molecule has 1 aromatic carbocycles. The molecular formula is C20H26N2O3. The average Bonchev–Trinajstić information content (AvgIpc) is 2.62. The van der Waals surface area contributed by atoms with Gasteiger partial charge in [-0.2, -0.15) is 0 Å². The maximum Gasteiger partial charge on any atom is 0.337 e. The zero-order valence-electron chi connectivity index (χ0n) is 14.8. The number of carbonyl (C=O) groups excluding carboxylic acids is 2. The Balaban J connectivity index is 1.45. The van der Waals surface area contributed by atoms with Gasteiger partial charge in [0.25, 0.3) is 0 Å². The van der Waals surface area contributed by atoms with Gasteiger partial charge in [0.2, 0.25) is 5.91 Å². The predicted molar refractivity (Wildman–Crippen MR) is 94.0 cm³/mol. The summed E-state index contributed by atoms with van der Waals surface area (Å²) in [6.07, 6.45) is 4.20. The Morgan fingerprint density at radius 1 is 1.28 bits per heavy atom. The first-order valence-electron chi connectivity index (χ1n) is 9.33. The number of ether oxygens (including phenoxy) is 1. The van der Waals surface area contributed by atoms with E-state index in [4.69, 9.17) is 4.74 Å². The van der Waals surface area contributed by atoms with E-state index < -0.39 is 0 Å². The molecule has 2 bridgehead atoms. The molecule has 5 nitrogen and oxygen atoms in total. The van der Waals surface area contributed by atoms with E-state index in [1.807, 2.05) is 12.1 Å². The lowest BCUT2D eigenvalue weighted by Gasteiger charge is -2.52. The fourth-order valence-electron chi connectivity index (χ4n) is 5.01. The summed E-state index contributed by atoms with van der Waals surface area (Å²) in [7, 11) is 1.41. The molecule has 0 aromatic heterocycles. The van der Waals surface area contributed by atoms with Crippen LogP contribution in [0.5, 0.6) is 0 Å². The van der Waals surface area contributed by atoms with Gasteiger partial charge in [0, 0.05) is 38.6 Å². The highest BCUT2D eigenvalue weighted by Crippen LogP contribution is 2.38. The van der Waals surface area contributed by atoms with Crippen molar-refractivity contribution >= 4 is 11.9 Å². The molecule has 4 rings (SSSR count). The van der Waals surface area contributed by atoms with Crippen LogP contribution in [0.3, 0.4) is 0 Å². The number of carbonyl (C=O) groups is 2. The second kappa shape index (κ2) is 6.79. The Kier molecular flexibility index (Phi) is 4.50. The van der Waals surface area contributed by atoms with Crippen molar-refractivity contribution in [1.29, 1.82) is 0 Å². The molecule has 134 valence electrons. The molecular weight excluding hydrogens is 316 g/mol. The Labute approximate surface area is 148 Å². The summed E-state index contributed by atoms with van der Waals surface area (Å²) >= 11 is 0. The fourth-order valence-corrected chi connectivity index (χ4v) is 5.01. The molecule has 25 heavy (non-hydrogen) atoms. The molecule has 5 heteroatoms. The summed E-state index contributed by atoms with van der Waals surface area (Å²) < 4.78 is 4.82. The quantitative estimate of drug-likeness (QED) is 0.791. The molecule has 0 N–H and O–H groups in total. The van der Waals surface area contributed by atoms with E-state index in [0.717, 1.165) is 51.0 Å². The topological polar surface area (TPSA) is 49.9 Å². The van der Waals surface area contributed by atoms with Gasteiger partial charge in [-0.1, -0.05) is 12.1 Å². The molecule has 1 aromatic rings. The van der Waals surface area contributed by atoms with Gasteiger partial charge in [-0.3, -0.25) is 9.69 Å². The molecule has 3 heterocycles. The first-order valence-corrected chi connectivity index (χ1v) is 9.33. The summed E-state index contributed by atoms with van der Waals surface area (Å²) in [4.78, 5) is 28.6. The standard InChI is InChI=1S/C20H26N2O3/c1-25-20(24)16-5-2-4-14(8-16)10-21-11-15-9-17(13-21)18-6-3-7-19(23)22(18)12-15/h2,4-5,8,15,17-18H,3,6-7,9-13H2,1H3/t15-,17-,18-/m0/s1. The highest BCUT2D eigenvalue weighted by Gasteiger charge is 2.43. The van der Waals surface area contributed by atoms with Crippen LogP contribution in [-0.4, -0.2) is 54.5 Å². The number of likely N-dealkylation sites (tertiary alicyclic amines) is 1. The number of hydrogen-bond donors (Lipinski definition) is 0. The maximum absolute atomic E-state index is 12.2. The van der Waals surface area contributed by atoms with Gasteiger partial charge < -0.3 is 9.64 Å². The number of piperidine rings is 3. The lowest BCUT2D eigenvalue weighted by Crippen LogP contribution is -2.60. The summed E-state index contributed by atoms with van der Waals surface area (Å²) in [5, 5.41) is 0. The van der Waals surface area contributed by atoms with Crippen LogP contribution in [0.4, 0.5) is 0 Å². The van der Waals surface area contributed by atoms with Crippen LogP contribution in [0.25, 0.3) is 0 Å². The summed E-state index contributed by atoms with van der Waals surface area (Å²) in [6.45, 7) is 3.88. The lowest BCUT2D eigenvalue weighted by molar-refractivity contribution is -0.145. The number of benzene rings is 1. The molecule has 1 amide bonds. The van der Waals surface area contributed by atoms with E-state index in [1.165, 1.54) is 13.5 Å². The molecule has 0 radical (unpaired) electrons. The predicted octanol–water partition coefficient (Wildman–Crippen LogP) is 2.31. The largest absolute Gasteiger partial charge is 0.465 e. The van der Waals surface area contributed by atoms with Gasteiger partial charge in [-0.05, 0) is 48.8 Å². The van der Waals surface area contributed by atoms with E-state index in [9.17, 15) is 9.59 Å². The van der Waals surface area contributed by atoms with Gasteiger partial charge >= 0.3 is 5.97 Å². The van der Waals surface area contributed by atoms with Gasteiger partial charge in [0.1, 0.15) is 0 Å². The highest BCUT2D eigenvalue weighted by atomic mass is 16.5. The summed E-state index contributed by atoms with van der Waals surface area (Å²) in [5.41, 5.74) is 1.76. The third-order valence-electron chi connectivity index (χ3n) is 6.01. The average molecular weight is 342 g/mol. The van der Waals surface area contributed by atoms with Crippen LogP contribution in [0, 0.1) is 11.8 Å². The zero-order valence-corrected chi connectivity index (χ0v) is 14.8. The van der Waals surface area contributed by atoms with Crippen molar-refractivity contribution in [2.24, 2.45) is 11.8 Å². The van der Waals surface area contributed by atoms with E-state index in [-0.39, 0.29) is 5.97 Å². The number of amides is 1. The molecule has 3 fully saturated rings. The zero-order chi connectivity index (χ0) is 17.4. The molecule has 3 aliphatic heterocycles. The Morgan fingerprint density at radius 3 is 3.00 bits per heavy atom. The van der Waals surface area contributed by atoms with Crippen LogP contribution in [0.1, 0.15) is 41.6 Å². The van der Waals surface area contributed by atoms with Gasteiger partial charge in [-0.25, -0.2) is 4.79 Å². The Bertz CT molecular complexity index is 675. The van der Waals surface area contributed by atoms with Crippen LogP contribution in [-0.2, 0) is 16.1 Å². The number of hydrogen-bond acceptors (Lipinski definition) is 4. The SMILES string of the molecule is COC(=O)c1cccc(CN2C[C@@H]3C[C@@H](C2)[C@@H]2CCCC(=O)N2C3)c1. The number of nitrogens with zero attached hydrogens (tertiary/aromatic N) is 2. The number of methoxy groups -OCH3 is 1. The van der Waals surface area contributed by atoms with Crippen molar-refractivity contribution in [2.45, 2.75) is 38.3 Å². The number of rotatable bonds is 3. The first-order chi connectivity index (χ1) is 12.1. The molecule has 0 spiro atoms. The minimum absolute atomic E-state index is 0.284. The van der Waals surface area contributed by atoms with E-state index in [0.29, 0.717) is 29.3 Å². The van der Waals surface area contributed by atoms with E-state index in [1.54, 1.807) is 6.07 Å². The maximum atomic E-state index is 12.2. The Morgan fingerprint density at radius 2 is 2.16 bits per heavy atom. The van der Waals surface area contributed by atoms with Crippen molar-refractivity contribution in [3.63, 3.8) is 0 Å². The molecule has 0 aliphatic carbocycles. The number of esters is 1. The fraction of sp³-hybridized carbons (Fsp3) is 0.600. The van der Waals surface area contributed by atoms with Crippen molar-refractivity contribution in [1.82, 2.24) is 9.80 Å².